The van der Waals surface area contributed by atoms with E-state index in [0.717, 1.165) is 37.7 Å². The number of hydrogen-bond donors (Lipinski definition) is 1. The van der Waals surface area contributed by atoms with E-state index >= 15 is 0 Å². The van der Waals surface area contributed by atoms with Crippen LogP contribution in [0.15, 0.2) is 42.5 Å². The number of methoxy groups -OCH3 is 1. The molecule has 2 aromatic carbocycles. The van der Waals surface area contributed by atoms with E-state index < -0.39 is 11.5 Å². The van der Waals surface area contributed by atoms with Crippen LogP contribution in [-0.4, -0.2) is 49.3 Å². The van der Waals surface area contributed by atoms with Gasteiger partial charge in [0.1, 0.15) is 0 Å². The second-order valence-corrected chi connectivity index (χ2v) is 8.69. The van der Waals surface area contributed by atoms with Gasteiger partial charge >= 0.3 is 0 Å². The van der Waals surface area contributed by atoms with Gasteiger partial charge in [0.25, 0.3) is 5.91 Å². The number of nitrogens with zero attached hydrogens (tertiary/aromatic N) is 1. The molecule has 1 aliphatic carbocycles. The van der Waals surface area contributed by atoms with Gasteiger partial charge in [0, 0.05) is 31.0 Å². The summed E-state index contributed by atoms with van der Waals surface area (Å²) in [5.74, 6) is 0.723. The number of rotatable bonds is 5. The van der Waals surface area contributed by atoms with Crippen LogP contribution in [0.5, 0.6) is 11.5 Å². The number of anilines is 1. The number of nitrogens with one attached hydrogen (secondary N) is 1. The Hall–Kier alpha value is -3.06. The summed E-state index contributed by atoms with van der Waals surface area (Å²) in [6, 6.07) is 12.9. The van der Waals surface area contributed by atoms with Crippen LogP contribution in [0.3, 0.4) is 0 Å². The minimum absolute atomic E-state index is 0.00770. The molecule has 0 unspecified atom stereocenters. The SMILES string of the molecule is COCCN1C(=O)c2ccccc2[C@H](C(=O)Nc2ccc3c(c2)OCO3)C12CCCCC2. The van der Waals surface area contributed by atoms with Gasteiger partial charge in [0.2, 0.25) is 12.7 Å². The van der Waals surface area contributed by atoms with Crippen molar-refractivity contribution in [2.45, 2.75) is 43.6 Å². The van der Waals surface area contributed by atoms with Crippen molar-refractivity contribution in [3.63, 3.8) is 0 Å². The average molecular weight is 437 g/mol. The lowest BCUT2D eigenvalue weighted by Gasteiger charge is -2.53. The maximum Gasteiger partial charge on any atom is 0.254 e. The van der Waals surface area contributed by atoms with Crippen LogP contribution < -0.4 is 14.8 Å². The first kappa shape index (κ1) is 20.8. The van der Waals surface area contributed by atoms with Gasteiger partial charge < -0.3 is 24.4 Å². The molecule has 2 aliphatic heterocycles. The molecule has 168 valence electrons. The van der Waals surface area contributed by atoms with Crippen LogP contribution in [0, 0.1) is 0 Å². The Kier molecular flexibility index (Phi) is 5.51. The standard InChI is InChI=1S/C25H28N2O5/c1-30-14-13-27-24(29)19-8-4-3-7-18(19)22(25(27)11-5-2-6-12-25)23(28)26-17-9-10-20-21(15-17)32-16-31-20/h3-4,7-10,15,22H,2,5-6,11-14,16H2,1H3,(H,26,28)/t22-/m1/s1. The molecule has 1 atom stereocenters. The topological polar surface area (TPSA) is 77.1 Å². The number of hydrogen-bond acceptors (Lipinski definition) is 5. The second kappa shape index (κ2) is 8.47. The van der Waals surface area contributed by atoms with Crippen molar-refractivity contribution in [1.29, 1.82) is 0 Å². The summed E-state index contributed by atoms with van der Waals surface area (Å²) in [5, 5.41) is 3.10. The molecule has 1 saturated carbocycles. The minimum atomic E-state index is -0.553. The van der Waals surface area contributed by atoms with E-state index in [4.69, 9.17) is 14.2 Å². The molecule has 1 spiro atoms. The number of carbonyl (C=O) groups is 2. The maximum atomic E-state index is 13.9. The lowest BCUT2D eigenvalue weighted by atomic mass is 9.65. The fourth-order valence-corrected chi connectivity index (χ4v) is 5.54. The molecule has 1 fully saturated rings. The van der Waals surface area contributed by atoms with Gasteiger partial charge in [-0.05, 0) is 36.6 Å². The third-order valence-electron chi connectivity index (χ3n) is 6.96. The normalized spacial score (nSPS) is 20.8. The van der Waals surface area contributed by atoms with Crippen LogP contribution in [-0.2, 0) is 9.53 Å². The molecule has 0 radical (unpaired) electrons. The van der Waals surface area contributed by atoms with Gasteiger partial charge in [-0.1, -0.05) is 37.5 Å². The third-order valence-corrected chi connectivity index (χ3v) is 6.96. The van der Waals surface area contributed by atoms with Crippen LogP contribution in [0.4, 0.5) is 5.69 Å². The highest BCUT2D eigenvalue weighted by Crippen LogP contribution is 2.49. The fraction of sp³-hybridized carbons (Fsp3) is 0.440. The summed E-state index contributed by atoms with van der Waals surface area (Å²) in [5.41, 5.74) is 1.52. The molecule has 2 aromatic rings. The lowest BCUT2D eigenvalue weighted by molar-refractivity contribution is -0.122. The Bertz CT molecular complexity index is 1030. The predicted octanol–water partition coefficient (Wildman–Crippen LogP) is 3.94. The number of amides is 2. The molecule has 3 aliphatic rings. The minimum Gasteiger partial charge on any atom is -0.454 e. The molecule has 5 rings (SSSR count). The van der Waals surface area contributed by atoms with Crippen molar-refractivity contribution in [1.82, 2.24) is 4.90 Å². The summed E-state index contributed by atoms with van der Waals surface area (Å²) in [6.07, 6.45) is 4.71. The predicted molar refractivity (Wildman–Crippen MR) is 119 cm³/mol. The molecule has 1 N–H and O–H groups in total. The highest BCUT2D eigenvalue weighted by atomic mass is 16.7. The molecule has 7 heteroatoms. The number of benzene rings is 2. The summed E-state index contributed by atoms with van der Waals surface area (Å²) in [6.45, 7) is 1.09. The number of carbonyl (C=O) groups excluding carboxylic acids is 2. The van der Waals surface area contributed by atoms with Crippen LogP contribution in [0.25, 0.3) is 0 Å². The monoisotopic (exact) mass is 436 g/mol. The summed E-state index contributed by atoms with van der Waals surface area (Å²) in [4.78, 5) is 29.4. The number of fused-ring (bicyclic) bond motifs is 2. The first-order chi connectivity index (χ1) is 15.6. The van der Waals surface area contributed by atoms with Gasteiger partial charge in [-0.25, -0.2) is 0 Å². The van der Waals surface area contributed by atoms with Gasteiger partial charge in [-0.2, -0.15) is 0 Å². The molecular weight excluding hydrogens is 408 g/mol. The van der Waals surface area contributed by atoms with Crippen molar-refractivity contribution in [3.05, 3.63) is 53.6 Å². The summed E-state index contributed by atoms with van der Waals surface area (Å²) in [7, 11) is 1.64. The quantitative estimate of drug-likeness (QED) is 0.768. The fourth-order valence-electron chi connectivity index (χ4n) is 5.54. The Morgan fingerprint density at radius 2 is 1.91 bits per heavy atom. The Balaban J connectivity index is 1.55. The maximum absolute atomic E-state index is 13.9. The zero-order valence-corrected chi connectivity index (χ0v) is 18.3. The van der Waals surface area contributed by atoms with E-state index in [0.29, 0.717) is 35.9 Å². The van der Waals surface area contributed by atoms with Crippen molar-refractivity contribution in [2.75, 3.05) is 32.4 Å². The van der Waals surface area contributed by atoms with Crippen molar-refractivity contribution in [2.24, 2.45) is 0 Å². The van der Waals surface area contributed by atoms with Crippen LogP contribution in [0.1, 0.15) is 53.9 Å². The molecular formula is C25H28N2O5. The van der Waals surface area contributed by atoms with E-state index in [9.17, 15) is 9.59 Å². The van der Waals surface area contributed by atoms with Gasteiger partial charge in [0.15, 0.2) is 11.5 Å². The summed E-state index contributed by atoms with van der Waals surface area (Å²) >= 11 is 0. The van der Waals surface area contributed by atoms with Crippen LogP contribution in [0.2, 0.25) is 0 Å². The molecule has 32 heavy (non-hydrogen) atoms. The van der Waals surface area contributed by atoms with Crippen molar-refractivity contribution < 1.29 is 23.8 Å². The van der Waals surface area contributed by atoms with Gasteiger partial charge in [-0.15, -0.1) is 0 Å². The molecule has 7 nitrogen and oxygen atoms in total. The molecule has 2 amide bonds. The van der Waals surface area contributed by atoms with E-state index in [-0.39, 0.29) is 18.6 Å². The lowest BCUT2D eigenvalue weighted by Crippen LogP contribution is -2.62. The Labute approximate surface area is 187 Å². The first-order valence-corrected chi connectivity index (χ1v) is 11.2. The highest BCUT2D eigenvalue weighted by molar-refractivity contribution is 6.05. The number of ether oxygens (including phenoxy) is 3. The summed E-state index contributed by atoms with van der Waals surface area (Å²) < 4.78 is 16.2. The molecule has 0 saturated heterocycles. The van der Waals surface area contributed by atoms with E-state index in [1.54, 1.807) is 19.2 Å². The second-order valence-electron chi connectivity index (χ2n) is 8.69. The largest absolute Gasteiger partial charge is 0.454 e. The Morgan fingerprint density at radius 1 is 1.12 bits per heavy atom. The van der Waals surface area contributed by atoms with Crippen molar-refractivity contribution in [3.8, 4) is 11.5 Å². The first-order valence-electron chi connectivity index (χ1n) is 11.2. The van der Waals surface area contributed by atoms with Crippen LogP contribution >= 0.6 is 0 Å². The molecule has 0 bridgehead atoms. The van der Waals surface area contributed by atoms with Gasteiger partial charge in [0.05, 0.1) is 18.1 Å². The third kappa shape index (κ3) is 3.41. The highest BCUT2D eigenvalue weighted by Gasteiger charge is 2.54. The zero-order chi connectivity index (χ0) is 22.1. The van der Waals surface area contributed by atoms with Crippen molar-refractivity contribution >= 4 is 17.5 Å². The molecule has 0 aromatic heterocycles. The van der Waals surface area contributed by atoms with E-state index in [2.05, 4.69) is 5.32 Å². The Morgan fingerprint density at radius 3 is 2.72 bits per heavy atom. The molecule has 2 heterocycles. The van der Waals surface area contributed by atoms with Gasteiger partial charge in [-0.3, -0.25) is 9.59 Å². The average Bonchev–Trinajstić information content (AvgIpc) is 3.28. The smallest absolute Gasteiger partial charge is 0.254 e. The van der Waals surface area contributed by atoms with E-state index in [1.807, 2.05) is 35.2 Å². The van der Waals surface area contributed by atoms with E-state index in [1.165, 1.54) is 0 Å². The zero-order valence-electron chi connectivity index (χ0n) is 18.3.